The summed E-state index contributed by atoms with van der Waals surface area (Å²) in [6.07, 6.45) is 0.514. The molecule has 0 aliphatic carbocycles. The summed E-state index contributed by atoms with van der Waals surface area (Å²) in [5.74, 6) is 0. The monoisotopic (exact) mass is 99.1 g/mol. The third-order valence-corrected chi connectivity index (χ3v) is 1.81. The SMILES string of the molecule is CC1C2OCCN12. The standard InChI is InChI=1S/C5H9NO/c1-4-5-6(4)2-3-7-5/h4-5H,2-3H2,1H3. The van der Waals surface area contributed by atoms with Crippen molar-refractivity contribution < 1.29 is 4.74 Å². The molecule has 0 aromatic rings. The summed E-state index contributed by atoms with van der Waals surface area (Å²) >= 11 is 0. The number of hydrogen-bond donors (Lipinski definition) is 0. The Kier molecular flexibility index (Phi) is 0.557. The summed E-state index contributed by atoms with van der Waals surface area (Å²) in [5, 5.41) is 0. The van der Waals surface area contributed by atoms with Gasteiger partial charge < -0.3 is 4.74 Å². The van der Waals surface area contributed by atoms with Crippen molar-refractivity contribution in [2.24, 2.45) is 0 Å². The second-order valence-electron chi connectivity index (χ2n) is 2.24. The Labute approximate surface area is 43.1 Å². The zero-order valence-corrected chi connectivity index (χ0v) is 4.42. The average Bonchev–Trinajstić information content (AvgIpc) is 2.26. The maximum absolute atomic E-state index is 5.27. The molecule has 40 valence electrons. The molecule has 0 amide bonds. The predicted molar refractivity (Wildman–Crippen MR) is 25.9 cm³/mol. The smallest absolute Gasteiger partial charge is 0.126 e. The zero-order valence-electron chi connectivity index (χ0n) is 4.42. The molecule has 2 aliphatic heterocycles. The molecule has 2 saturated heterocycles. The number of hydrogen-bond acceptors (Lipinski definition) is 2. The van der Waals surface area contributed by atoms with Crippen LogP contribution >= 0.6 is 0 Å². The van der Waals surface area contributed by atoms with Gasteiger partial charge in [-0.2, -0.15) is 0 Å². The Morgan fingerprint density at radius 2 is 2.57 bits per heavy atom. The molecule has 0 radical (unpaired) electrons. The average molecular weight is 99.1 g/mol. The van der Waals surface area contributed by atoms with E-state index >= 15 is 0 Å². The van der Waals surface area contributed by atoms with Gasteiger partial charge in [0.1, 0.15) is 6.23 Å². The topological polar surface area (TPSA) is 12.2 Å². The van der Waals surface area contributed by atoms with E-state index in [0.717, 1.165) is 19.2 Å². The molecule has 2 rings (SSSR count). The van der Waals surface area contributed by atoms with Gasteiger partial charge in [0, 0.05) is 12.6 Å². The van der Waals surface area contributed by atoms with Crippen LogP contribution in [0.25, 0.3) is 0 Å². The maximum atomic E-state index is 5.27. The van der Waals surface area contributed by atoms with E-state index in [1.165, 1.54) is 0 Å². The van der Waals surface area contributed by atoms with Crippen LogP contribution in [-0.2, 0) is 4.74 Å². The highest BCUT2D eigenvalue weighted by Gasteiger charge is 2.48. The fourth-order valence-electron chi connectivity index (χ4n) is 1.22. The van der Waals surface area contributed by atoms with Crippen molar-refractivity contribution >= 4 is 0 Å². The third-order valence-electron chi connectivity index (χ3n) is 1.81. The molecule has 2 nitrogen and oxygen atoms in total. The maximum Gasteiger partial charge on any atom is 0.126 e. The minimum absolute atomic E-state index is 0.514. The molecule has 3 atom stereocenters. The lowest BCUT2D eigenvalue weighted by Gasteiger charge is -1.91. The number of nitrogens with zero attached hydrogens (tertiary/aromatic N) is 1. The van der Waals surface area contributed by atoms with Gasteiger partial charge in [-0.1, -0.05) is 0 Å². The summed E-state index contributed by atoms with van der Waals surface area (Å²) in [4.78, 5) is 2.35. The van der Waals surface area contributed by atoms with Crippen LogP contribution in [0.15, 0.2) is 0 Å². The Balaban J connectivity index is 2.06. The largest absolute Gasteiger partial charge is 0.360 e. The Morgan fingerprint density at radius 3 is 2.86 bits per heavy atom. The van der Waals surface area contributed by atoms with E-state index in [2.05, 4.69) is 11.8 Å². The molecule has 0 aromatic heterocycles. The van der Waals surface area contributed by atoms with E-state index in [1.54, 1.807) is 0 Å². The van der Waals surface area contributed by atoms with Gasteiger partial charge in [0.2, 0.25) is 0 Å². The van der Waals surface area contributed by atoms with Crippen LogP contribution < -0.4 is 0 Å². The van der Waals surface area contributed by atoms with Crippen LogP contribution in [0.2, 0.25) is 0 Å². The van der Waals surface area contributed by atoms with Crippen LogP contribution in [0, 0.1) is 0 Å². The van der Waals surface area contributed by atoms with Gasteiger partial charge in [0.15, 0.2) is 0 Å². The molecule has 3 unspecified atom stereocenters. The fourth-order valence-corrected chi connectivity index (χ4v) is 1.22. The molecular weight excluding hydrogens is 90.1 g/mol. The first-order valence-corrected chi connectivity index (χ1v) is 2.77. The normalized spacial score (nSPS) is 57.0. The van der Waals surface area contributed by atoms with E-state index in [9.17, 15) is 0 Å². The Bertz CT molecular complexity index is 84.1. The quantitative estimate of drug-likeness (QED) is 0.398. The van der Waals surface area contributed by atoms with Crippen LogP contribution in [-0.4, -0.2) is 30.3 Å². The van der Waals surface area contributed by atoms with Crippen molar-refractivity contribution in [1.29, 1.82) is 0 Å². The van der Waals surface area contributed by atoms with Gasteiger partial charge in [-0.05, 0) is 6.92 Å². The summed E-state index contributed by atoms with van der Waals surface area (Å²) < 4.78 is 5.27. The minimum atomic E-state index is 0.514. The fraction of sp³-hybridized carbons (Fsp3) is 1.00. The lowest BCUT2D eigenvalue weighted by molar-refractivity contribution is 0.152. The van der Waals surface area contributed by atoms with Crippen LogP contribution in [0.4, 0.5) is 0 Å². The minimum Gasteiger partial charge on any atom is -0.360 e. The highest BCUT2D eigenvalue weighted by atomic mass is 16.5. The summed E-state index contributed by atoms with van der Waals surface area (Å²) in [5.41, 5.74) is 0. The molecular formula is C5H9NO. The van der Waals surface area contributed by atoms with Gasteiger partial charge in [-0.3, -0.25) is 4.90 Å². The summed E-state index contributed by atoms with van der Waals surface area (Å²) in [6.45, 7) is 4.31. The molecule has 0 spiro atoms. The van der Waals surface area contributed by atoms with E-state index in [0.29, 0.717) is 6.23 Å². The van der Waals surface area contributed by atoms with Gasteiger partial charge in [-0.15, -0.1) is 0 Å². The van der Waals surface area contributed by atoms with Crippen molar-refractivity contribution in [3.8, 4) is 0 Å². The Morgan fingerprint density at radius 1 is 1.71 bits per heavy atom. The van der Waals surface area contributed by atoms with E-state index in [1.807, 2.05) is 0 Å². The number of rotatable bonds is 0. The highest BCUT2D eigenvalue weighted by molar-refractivity contribution is 4.95. The lowest BCUT2D eigenvalue weighted by atomic mass is 10.5. The molecule has 2 heteroatoms. The van der Waals surface area contributed by atoms with Crippen molar-refractivity contribution in [3.63, 3.8) is 0 Å². The molecule has 0 aromatic carbocycles. The van der Waals surface area contributed by atoms with E-state index in [4.69, 9.17) is 4.74 Å². The molecule has 7 heavy (non-hydrogen) atoms. The summed E-state index contributed by atoms with van der Waals surface area (Å²) in [7, 11) is 0. The number of ether oxygens (including phenoxy) is 1. The summed E-state index contributed by atoms with van der Waals surface area (Å²) in [6, 6.07) is 0.730. The lowest BCUT2D eigenvalue weighted by Crippen LogP contribution is -2.03. The molecule has 2 aliphatic rings. The van der Waals surface area contributed by atoms with Gasteiger partial charge in [0.05, 0.1) is 6.61 Å². The second kappa shape index (κ2) is 1.01. The molecule has 2 fully saturated rings. The van der Waals surface area contributed by atoms with Crippen molar-refractivity contribution in [2.45, 2.75) is 19.2 Å². The van der Waals surface area contributed by atoms with Crippen LogP contribution in [0.1, 0.15) is 6.92 Å². The number of fused-ring (bicyclic) bond motifs is 1. The third kappa shape index (κ3) is 0.359. The number of morpholine rings is 1. The first kappa shape index (κ1) is 3.87. The molecule has 2 heterocycles. The first-order chi connectivity index (χ1) is 3.39. The Hall–Kier alpha value is -0.0800. The molecule has 0 bridgehead atoms. The second-order valence-corrected chi connectivity index (χ2v) is 2.24. The van der Waals surface area contributed by atoms with E-state index in [-0.39, 0.29) is 0 Å². The molecule has 0 N–H and O–H groups in total. The van der Waals surface area contributed by atoms with Crippen LogP contribution in [0.3, 0.4) is 0 Å². The van der Waals surface area contributed by atoms with Crippen molar-refractivity contribution in [3.05, 3.63) is 0 Å². The molecule has 0 saturated carbocycles. The van der Waals surface area contributed by atoms with Gasteiger partial charge >= 0.3 is 0 Å². The van der Waals surface area contributed by atoms with E-state index < -0.39 is 0 Å². The zero-order chi connectivity index (χ0) is 4.85. The van der Waals surface area contributed by atoms with Crippen molar-refractivity contribution in [2.75, 3.05) is 13.2 Å². The first-order valence-electron chi connectivity index (χ1n) is 2.77. The highest BCUT2D eigenvalue weighted by Crippen LogP contribution is 2.32. The van der Waals surface area contributed by atoms with Gasteiger partial charge in [0.25, 0.3) is 0 Å². The van der Waals surface area contributed by atoms with Gasteiger partial charge in [-0.25, -0.2) is 0 Å². The van der Waals surface area contributed by atoms with Crippen molar-refractivity contribution in [1.82, 2.24) is 4.90 Å². The predicted octanol–water partition coefficient (Wildman–Crippen LogP) is 0.0468. The van der Waals surface area contributed by atoms with Crippen LogP contribution in [0.5, 0.6) is 0 Å².